The lowest BCUT2D eigenvalue weighted by atomic mass is 9.90. The van der Waals surface area contributed by atoms with Crippen molar-refractivity contribution in [3.05, 3.63) is 5.82 Å². The van der Waals surface area contributed by atoms with E-state index in [-0.39, 0.29) is 24.2 Å². The van der Waals surface area contributed by atoms with E-state index in [0.29, 0.717) is 11.9 Å². The van der Waals surface area contributed by atoms with Gasteiger partial charge in [-0.2, -0.15) is 10.1 Å². The van der Waals surface area contributed by atoms with Gasteiger partial charge in [-0.05, 0) is 38.8 Å². The number of amides is 1. The lowest BCUT2D eigenvalue weighted by Crippen LogP contribution is -2.27. The summed E-state index contributed by atoms with van der Waals surface area (Å²) in [6.45, 7) is 2.04. The monoisotopic (exact) mass is 355 g/mol. The topological polar surface area (TPSA) is 71.8 Å². The Hall–Kier alpha value is -1.14. The fourth-order valence-corrected chi connectivity index (χ4v) is 3.70. The fraction of sp³-hybridized carbons (Fsp3) is 0.824. The van der Waals surface area contributed by atoms with Crippen molar-refractivity contribution in [1.29, 1.82) is 0 Å². The van der Waals surface area contributed by atoms with Crippen LogP contribution in [0.5, 0.6) is 0 Å². The molecule has 1 saturated carbocycles. The SMILES string of the molecule is Cl.Cn1nc(C2CCNCC2)nc1NC(=O)C1CCCCCCC1. The summed E-state index contributed by atoms with van der Waals surface area (Å²) >= 11 is 0. The first-order chi connectivity index (χ1) is 11.2. The smallest absolute Gasteiger partial charge is 0.229 e. The molecule has 7 heteroatoms. The van der Waals surface area contributed by atoms with Crippen LogP contribution < -0.4 is 10.6 Å². The summed E-state index contributed by atoms with van der Waals surface area (Å²) in [6.07, 6.45) is 10.3. The van der Waals surface area contributed by atoms with Gasteiger partial charge in [-0.3, -0.25) is 10.1 Å². The highest BCUT2D eigenvalue weighted by molar-refractivity contribution is 5.91. The van der Waals surface area contributed by atoms with E-state index in [1.807, 2.05) is 7.05 Å². The molecule has 1 aliphatic heterocycles. The fourth-order valence-electron chi connectivity index (χ4n) is 3.70. The number of hydrogen-bond donors (Lipinski definition) is 2. The Balaban J connectivity index is 0.00000208. The van der Waals surface area contributed by atoms with Crippen molar-refractivity contribution in [3.63, 3.8) is 0 Å². The maximum Gasteiger partial charge on any atom is 0.229 e. The predicted molar refractivity (Wildman–Crippen MR) is 97.5 cm³/mol. The third-order valence-corrected chi connectivity index (χ3v) is 5.19. The second-order valence-corrected chi connectivity index (χ2v) is 6.97. The average molecular weight is 356 g/mol. The van der Waals surface area contributed by atoms with E-state index in [0.717, 1.165) is 57.4 Å². The average Bonchev–Trinajstić information content (AvgIpc) is 2.89. The van der Waals surface area contributed by atoms with E-state index < -0.39 is 0 Å². The minimum absolute atomic E-state index is 0. The molecule has 2 N–H and O–H groups in total. The van der Waals surface area contributed by atoms with Gasteiger partial charge in [-0.1, -0.05) is 32.1 Å². The highest BCUT2D eigenvalue weighted by atomic mass is 35.5. The zero-order valence-corrected chi connectivity index (χ0v) is 15.4. The highest BCUT2D eigenvalue weighted by Gasteiger charge is 2.24. The number of aromatic nitrogens is 3. The van der Waals surface area contributed by atoms with Crippen LogP contribution in [0.15, 0.2) is 0 Å². The van der Waals surface area contributed by atoms with Gasteiger partial charge in [0.2, 0.25) is 11.9 Å². The Morgan fingerprint density at radius 1 is 1.08 bits per heavy atom. The minimum Gasteiger partial charge on any atom is -0.317 e. The van der Waals surface area contributed by atoms with Crippen molar-refractivity contribution in [2.24, 2.45) is 13.0 Å². The number of piperidine rings is 1. The largest absolute Gasteiger partial charge is 0.317 e. The molecule has 6 nitrogen and oxygen atoms in total. The predicted octanol–water partition coefficient (Wildman–Crippen LogP) is 3.00. The number of halogens is 1. The number of nitrogens with zero attached hydrogens (tertiary/aromatic N) is 3. The lowest BCUT2D eigenvalue weighted by molar-refractivity contribution is -0.120. The van der Waals surface area contributed by atoms with Gasteiger partial charge in [0.05, 0.1) is 0 Å². The second-order valence-electron chi connectivity index (χ2n) is 6.97. The van der Waals surface area contributed by atoms with E-state index in [4.69, 9.17) is 0 Å². The van der Waals surface area contributed by atoms with E-state index >= 15 is 0 Å². The Labute approximate surface area is 150 Å². The van der Waals surface area contributed by atoms with Crippen LogP contribution in [0, 0.1) is 5.92 Å². The van der Waals surface area contributed by atoms with Gasteiger partial charge in [0.15, 0.2) is 5.82 Å². The Morgan fingerprint density at radius 2 is 1.71 bits per heavy atom. The van der Waals surface area contributed by atoms with Crippen LogP contribution >= 0.6 is 12.4 Å². The summed E-state index contributed by atoms with van der Waals surface area (Å²) in [6, 6.07) is 0. The molecule has 2 heterocycles. The maximum absolute atomic E-state index is 12.6. The lowest BCUT2D eigenvalue weighted by Gasteiger charge is -2.19. The number of aryl methyl sites for hydroxylation is 1. The molecular formula is C17H30ClN5O. The summed E-state index contributed by atoms with van der Waals surface area (Å²) in [7, 11) is 1.87. The number of nitrogens with one attached hydrogen (secondary N) is 2. The normalized spacial score (nSPS) is 20.7. The molecule has 1 aromatic rings. The molecule has 0 bridgehead atoms. The summed E-state index contributed by atoms with van der Waals surface area (Å²) < 4.78 is 1.72. The number of anilines is 1. The van der Waals surface area contributed by atoms with Gasteiger partial charge in [-0.25, -0.2) is 4.68 Å². The first kappa shape index (κ1) is 19.2. The molecule has 3 rings (SSSR count). The molecule has 0 spiro atoms. The number of hydrogen-bond acceptors (Lipinski definition) is 4. The molecule has 1 saturated heterocycles. The Bertz CT molecular complexity index is 519. The van der Waals surface area contributed by atoms with Crippen LogP contribution in [0.1, 0.15) is 69.5 Å². The van der Waals surface area contributed by atoms with Crippen molar-refractivity contribution >= 4 is 24.3 Å². The summed E-state index contributed by atoms with van der Waals surface area (Å²) in [5.74, 6) is 2.15. The van der Waals surface area contributed by atoms with Crippen molar-refractivity contribution in [3.8, 4) is 0 Å². The third kappa shape index (κ3) is 4.93. The zero-order chi connectivity index (χ0) is 16.1. The van der Waals surface area contributed by atoms with Crippen LogP contribution in [-0.4, -0.2) is 33.8 Å². The summed E-state index contributed by atoms with van der Waals surface area (Å²) in [4.78, 5) is 17.2. The molecule has 136 valence electrons. The molecule has 0 atom stereocenters. The molecule has 2 fully saturated rings. The van der Waals surface area contributed by atoms with Crippen LogP contribution in [0.25, 0.3) is 0 Å². The first-order valence-electron chi connectivity index (χ1n) is 9.16. The van der Waals surface area contributed by atoms with Gasteiger partial charge in [-0.15, -0.1) is 12.4 Å². The van der Waals surface area contributed by atoms with Crippen LogP contribution in [0.4, 0.5) is 5.95 Å². The van der Waals surface area contributed by atoms with Crippen LogP contribution in [0.2, 0.25) is 0 Å². The molecule has 1 aliphatic carbocycles. The molecule has 1 amide bonds. The molecule has 0 radical (unpaired) electrons. The number of carbonyl (C=O) groups excluding carboxylic acids is 1. The first-order valence-corrected chi connectivity index (χ1v) is 9.16. The van der Waals surface area contributed by atoms with Crippen molar-refractivity contribution in [1.82, 2.24) is 20.1 Å². The quantitative estimate of drug-likeness (QED) is 0.874. The van der Waals surface area contributed by atoms with E-state index in [2.05, 4.69) is 20.7 Å². The van der Waals surface area contributed by atoms with E-state index in [1.54, 1.807) is 4.68 Å². The van der Waals surface area contributed by atoms with Crippen molar-refractivity contribution < 1.29 is 4.79 Å². The van der Waals surface area contributed by atoms with Gasteiger partial charge >= 0.3 is 0 Å². The molecule has 0 aromatic carbocycles. The molecule has 1 aromatic heterocycles. The van der Waals surface area contributed by atoms with E-state index in [9.17, 15) is 4.79 Å². The second kappa shape index (κ2) is 9.37. The minimum atomic E-state index is 0. The molecular weight excluding hydrogens is 326 g/mol. The number of carbonyl (C=O) groups is 1. The van der Waals surface area contributed by atoms with Gasteiger partial charge in [0, 0.05) is 18.9 Å². The van der Waals surface area contributed by atoms with Gasteiger partial charge < -0.3 is 5.32 Å². The number of rotatable bonds is 3. The maximum atomic E-state index is 12.6. The highest BCUT2D eigenvalue weighted by Crippen LogP contribution is 2.25. The van der Waals surface area contributed by atoms with Crippen molar-refractivity contribution in [2.45, 2.75) is 63.7 Å². The van der Waals surface area contributed by atoms with Crippen molar-refractivity contribution in [2.75, 3.05) is 18.4 Å². The Morgan fingerprint density at radius 3 is 2.38 bits per heavy atom. The summed E-state index contributed by atoms with van der Waals surface area (Å²) in [5, 5.41) is 10.9. The zero-order valence-electron chi connectivity index (χ0n) is 14.6. The van der Waals surface area contributed by atoms with Gasteiger partial charge in [0.25, 0.3) is 0 Å². The summed E-state index contributed by atoms with van der Waals surface area (Å²) in [5.41, 5.74) is 0. The Kier molecular flexibility index (Phi) is 7.49. The molecule has 2 aliphatic rings. The van der Waals surface area contributed by atoms with Crippen LogP contribution in [0.3, 0.4) is 0 Å². The third-order valence-electron chi connectivity index (χ3n) is 5.19. The van der Waals surface area contributed by atoms with E-state index in [1.165, 1.54) is 19.3 Å². The molecule has 24 heavy (non-hydrogen) atoms. The van der Waals surface area contributed by atoms with Crippen LogP contribution in [-0.2, 0) is 11.8 Å². The standard InChI is InChI=1S/C17H29N5O.ClH/c1-22-17(19-15(21-22)13-9-11-18-12-10-13)20-16(23)14-7-5-3-2-4-6-8-14;/h13-14,18H,2-12H2,1H3,(H,19,20,21,23);1H. The van der Waals surface area contributed by atoms with Gasteiger partial charge in [0.1, 0.15) is 0 Å². The molecule has 0 unspecified atom stereocenters.